The zero-order valence-corrected chi connectivity index (χ0v) is 26.0. The molecule has 5 heteroatoms. The lowest BCUT2D eigenvalue weighted by molar-refractivity contribution is 0.631. The standard InChI is InChI=1S/C42H25BN2OS/c1-5-16-37-28(9-1)25-38(46-37)29-20-19-27-24-30(22-21-26(27)23-29)44-33-12-3-2-10-31(33)43-32-11-7-18-40-42(32)45(34-13-4-6-17-39(34)47-40)36-15-8-14-35(44)41(36)43/h1-25H. The van der Waals surface area contributed by atoms with E-state index in [1.807, 2.05) is 23.9 Å². The van der Waals surface area contributed by atoms with E-state index in [1.165, 1.54) is 65.4 Å². The Bertz CT molecular complexity index is 2570. The minimum atomic E-state index is 0.150. The maximum Gasteiger partial charge on any atom is 0.252 e. The van der Waals surface area contributed by atoms with Gasteiger partial charge in [0.15, 0.2) is 0 Å². The summed E-state index contributed by atoms with van der Waals surface area (Å²) < 4.78 is 6.20. The van der Waals surface area contributed by atoms with Crippen LogP contribution < -0.4 is 26.2 Å². The van der Waals surface area contributed by atoms with E-state index >= 15 is 0 Å². The van der Waals surface area contributed by atoms with Gasteiger partial charge in [-0.2, -0.15) is 0 Å². The number of hydrogen-bond acceptors (Lipinski definition) is 4. The van der Waals surface area contributed by atoms with Crippen molar-refractivity contribution in [1.82, 2.24) is 0 Å². The fourth-order valence-corrected chi connectivity index (χ4v) is 9.11. The molecule has 11 rings (SSSR count). The molecule has 47 heavy (non-hydrogen) atoms. The molecule has 0 atom stereocenters. The molecule has 3 aliphatic rings. The van der Waals surface area contributed by atoms with Gasteiger partial charge in [-0.05, 0) is 93.9 Å². The predicted octanol–water partition coefficient (Wildman–Crippen LogP) is 9.80. The molecule has 0 saturated heterocycles. The van der Waals surface area contributed by atoms with Gasteiger partial charge < -0.3 is 14.2 Å². The van der Waals surface area contributed by atoms with Gasteiger partial charge in [0.05, 0.1) is 11.4 Å². The predicted molar refractivity (Wildman–Crippen MR) is 197 cm³/mol. The first-order chi connectivity index (χ1) is 23.3. The first-order valence-electron chi connectivity index (χ1n) is 16.0. The fraction of sp³-hybridized carbons (Fsp3) is 0. The smallest absolute Gasteiger partial charge is 0.252 e. The van der Waals surface area contributed by atoms with Crippen LogP contribution in [0.3, 0.4) is 0 Å². The van der Waals surface area contributed by atoms with E-state index < -0.39 is 0 Å². The van der Waals surface area contributed by atoms with E-state index in [1.54, 1.807) is 0 Å². The van der Waals surface area contributed by atoms with E-state index in [9.17, 15) is 0 Å². The van der Waals surface area contributed by atoms with Crippen LogP contribution in [0.2, 0.25) is 0 Å². The molecule has 0 amide bonds. The van der Waals surface area contributed by atoms with Gasteiger partial charge in [0.2, 0.25) is 0 Å². The van der Waals surface area contributed by atoms with Gasteiger partial charge in [0.1, 0.15) is 11.3 Å². The minimum Gasteiger partial charge on any atom is -0.456 e. The van der Waals surface area contributed by atoms with Gasteiger partial charge in [-0.1, -0.05) is 96.7 Å². The molecule has 4 heterocycles. The second kappa shape index (κ2) is 9.44. The highest BCUT2D eigenvalue weighted by molar-refractivity contribution is 7.99. The number of nitrogens with zero attached hydrogens (tertiary/aromatic N) is 2. The summed E-state index contributed by atoms with van der Waals surface area (Å²) >= 11 is 1.88. The molecule has 218 valence electrons. The van der Waals surface area contributed by atoms with Crippen molar-refractivity contribution >= 4 is 90.7 Å². The molecule has 0 saturated carbocycles. The highest BCUT2D eigenvalue weighted by Crippen LogP contribution is 2.53. The molecule has 3 nitrogen and oxygen atoms in total. The molecule has 0 bridgehead atoms. The Labute approximate surface area is 276 Å². The van der Waals surface area contributed by atoms with Crippen molar-refractivity contribution < 1.29 is 4.42 Å². The third kappa shape index (κ3) is 3.55. The third-order valence-electron chi connectivity index (χ3n) is 10.0. The Balaban J connectivity index is 1.10. The van der Waals surface area contributed by atoms with Crippen LogP contribution in [0.4, 0.5) is 34.1 Å². The Morgan fingerprint density at radius 1 is 0.489 bits per heavy atom. The summed E-state index contributed by atoms with van der Waals surface area (Å²) in [7, 11) is 0. The van der Waals surface area contributed by atoms with Crippen molar-refractivity contribution in [2.45, 2.75) is 9.79 Å². The molecule has 3 aliphatic heterocycles. The van der Waals surface area contributed by atoms with Crippen LogP contribution in [0, 0.1) is 0 Å². The minimum absolute atomic E-state index is 0.150. The maximum absolute atomic E-state index is 6.20. The zero-order valence-electron chi connectivity index (χ0n) is 25.2. The Kier molecular flexibility index (Phi) is 5.13. The van der Waals surface area contributed by atoms with Crippen LogP contribution in [-0.4, -0.2) is 6.71 Å². The average molecular weight is 617 g/mol. The molecular weight excluding hydrogens is 591 g/mol. The molecule has 0 spiro atoms. The Morgan fingerprint density at radius 3 is 2.13 bits per heavy atom. The number of fused-ring (bicyclic) bond motifs is 8. The lowest BCUT2D eigenvalue weighted by Gasteiger charge is -2.46. The molecule has 1 aromatic heterocycles. The molecule has 0 N–H and O–H groups in total. The van der Waals surface area contributed by atoms with Crippen LogP contribution in [-0.2, 0) is 0 Å². The van der Waals surface area contributed by atoms with Crippen molar-refractivity contribution in [3.8, 4) is 11.3 Å². The van der Waals surface area contributed by atoms with Crippen molar-refractivity contribution in [2.24, 2.45) is 0 Å². The number of rotatable bonds is 2. The van der Waals surface area contributed by atoms with Crippen molar-refractivity contribution in [3.05, 3.63) is 152 Å². The van der Waals surface area contributed by atoms with E-state index in [2.05, 4.69) is 149 Å². The number of benzene rings is 7. The lowest BCUT2D eigenvalue weighted by atomic mass is 9.33. The number of anilines is 6. The largest absolute Gasteiger partial charge is 0.456 e. The van der Waals surface area contributed by atoms with Gasteiger partial charge in [-0.3, -0.25) is 0 Å². The number of furan rings is 1. The Hall–Kier alpha value is -5.65. The molecule has 0 radical (unpaired) electrons. The first kappa shape index (κ1) is 25.5. The van der Waals surface area contributed by atoms with Gasteiger partial charge in [-0.15, -0.1) is 0 Å². The maximum atomic E-state index is 6.20. The summed E-state index contributed by atoms with van der Waals surface area (Å²) in [5, 5.41) is 3.51. The quantitative estimate of drug-likeness (QED) is 0.180. The summed E-state index contributed by atoms with van der Waals surface area (Å²) in [6.45, 7) is 0.150. The summed E-state index contributed by atoms with van der Waals surface area (Å²) in [6.07, 6.45) is 0. The topological polar surface area (TPSA) is 19.6 Å². The molecular formula is C42H25BN2OS. The van der Waals surface area contributed by atoms with Crippen molar-refractivity contribution in [2.75, 3.05) is 9.80 Å². The van der Waals surface area contributed by atoms with Crippen molar-refractivity contribution in [3.63, 3.8) is 0 Å². The molecule has 0 aliphatic carbocycles. The summed E-state index contributed by atoms with van der Waals surface area (Å²) in [5.74, 6) is 0.894. The van der Waals surface area contributed by atoms with Gasteiger partial charge in [-0.25, -0.2) is 0 Å². The van der Waals surface area contributed by atoms with E-state index in [-0.39, 0.29) is 6.71 Å². The van der Waals surface area contributed by atoms with E-state index in [4.69, 9.17) is 4.42 Å². The summed E-state index contributed by atoms with van der Waals surface area (Å²) in [4.78, 5) is 7.58. The molecule has 8 aromatic rings. The highest BCUT2D eigenvalue weighted by Gasteiger charge is 2.44. The second-order valence-electron chi connectivity index (χ2n) is 12.5. The summed E-state index contributed by atoms with van der Waals surface area (Å²) in [5.41, 5.74) is 13.5. The van der Waals surface area contributed by atoms with Crippen LogP contribution in [0.5, 0.6) is 0 Å². The number of para-hydroxylation sites is 4. The van der Waals surface area contributed by atoms with Gasteiger partial charge >= 0.3 is 0 Å². The SMILES string of the molecule is c1ccc2c(c1)Sc1cccc3c1N2c1cccc2c1B3c1ccccc1N2c1ccc2cc(-c3cc4ccccc4o3)ccc2c1. The molecule has 0 fully saturated rings. The summed E-state index contributed by atoms with van der Waals surface area (Å²) in [6, 6.07) is 55.3. The molecule has 0 unspecified atom stereocenters. The van der Waals surface area contributed by atoms with Crippen LogP contribution in [0.1, 0.15) is 0 Å². The average Bonchev–Trinajstić information content (AvgIpc) is 3.57. The Morgan fingerprint density at radius 2 is 1.19 bits per heavy atom. The van der Waals surface area contributed by atoms with Crippen LogP contribution in [0.25, 0.3) is 33.1 Å². The third-order valence-corrected chi connectivity index (χ3v) is 11.1. The zero-order chi connectivity index (χ0) is 30.6. The van der Waals surface area contributed by atoms with E-state index in [0.29, 0.717) is 0 Å². The molecule has 7 aromatic carbocycles. The van der Waals surface area contributed by atoms with E-state index in [0.717, 1.165) is 28.0 Å². The van der Waals surface area contributed by atoms with Crippen molar-refractivity contribution in [1.29, 1.82) is 0 Å². The number of hydrogen-bond donors (Lipinski definition) is 0. The van der Waals surface area contributed by atoms with Crippen LogP contribution >= 0.6 is 11.8 Å². The highest BCUT2D eigenvalue weighted by atomic mass is 32.2. The monoisotopic (exact) mass is 616 g/mol. The first-order valence-corrected chi connectivity index (χ1v) is 16.9. The lowest BCUT2D eigenvalue weighted by Crippen LogP contribution is -2.61. The second-order valence-corrected chi connectivity index (χ2v) is 13.6. The fourth-order valence-electron chi connectivity index (χ4n) is 8.01. The normalized spacial score (nSPS) is 13.7. The van der Waals surface area contributed by atoms with Gasteiger partial charge in [0, 0.05) is 43.5 Å². The van der Waals surface area contributed by atoms with Crippen LogP contribution in [0.15, 0.2) is 166 Å². The van der Waals surface area contributed by atoms with Gasteiger partial charge in [0.25, 0.3) is 6.71 Å².